The van der Waals surface area contributed by atoms with Gasteiger partial charge in [-0.05, 0) is 31.0 Å². The summed E-state index contributed by atoms with van der Waals surface area (Å²) in [5.41, 5.74) is 4.54. The van der Waals surface area contributed by atoms with Gasteiger partial charge in [0.2, 0.25) is 0 Å². The van der Waals surface area contributed by atoms with Crippen LogP contribution in [-0.2, 0) is 6.18 Å². The first-order valence-corrected chi connectivity index (χ1v) is 6.23. The maximum atomic E-state index is 12.7. The molecule has 1 fully saturated rings. The Morgan fingerprint density at radius 2 is 2.15 bits per heavy atom. The number of carbonyl (C=O) groups is 1. The smallest absolute Gasteiger partial charge is 0.398 e. The quantitative estimate of drug-likeness (QED) is 0.817. The molecule has 4 nitrogen and oxygen atoms in total. The van der Waals surface area contributed by atoms with Crippen LogP contribution in [0.3, 0.4) is 0 Å². The molecule has 1 aliphatic rings. The molecule has 1 unspecified atom stereocenters. The molecule has 20 heavy (non-hydrogen) atoms. The number of hydrogen-bond acceptors (Lipinski definition) is 3. The van der Waals surface area contributed by atoms with E-state index in [2.05, 4.69) is 0 Å². The van der Waals surface area contributed by atoms with Crippen molar-refractivity contribution in [3.05, 3.63) is 29.3 Å². The molecule has 1 saturated heterocycles. The van der Waals surface area contributed by atoms with E-state index < -0.39 is 17.6 Å². The molecule has 1 aromatic carbocycles. The number of nitrogens with zero attached hydrogens (tertiary/aromatic N) is 1. The Hall–Kier alpha value is -1.76. The lowest BCUT2D eigenvalue weighted by atomic mass is 10.1. The van der Waals surface area contributed by atoms with Gasteiger partial charge in [0.25, 0.3) is 5.91 Å². The molecule has 2 rings (SSSR count). The van der Waals surface area contributed by atoms with E-state index in [9.17, 15) is 23.1 Å². The Labute approximate surface area is 114 Å². The molecule has 1 aliphatic heterocycles. The van der Waals surface area contributed by atoms with Crippen LogP contribution in [0.25, 0.3) is 0 Å². The Morgan fingerprint density at radius 3 is 2.75 bits per heavy atom. The molecule has 0 spiro atoms. The second kappa shape index (κ2) is 5.32. The number of halogens is 3. The van der Waals surface area contributed by atoms with E-state index in [4.69, 9.17) is 5.73 Å². The molecule has 0 saturated carbocycles. The molecule has 0 aromatic heterocycles. The van der Waals surface area contributed by atoms with E-state index in [1.807, 2.05) is 0 Å². The van der Waals surface area contributed by atoms with Gasteiger partial charge < -0.3 is 15.7 Å². The summed E-state index contributed by atoms with van der Waals surface area (Å²) >= 11 is 0. The fourth-order valence-electron chi connectivity index (χ4n) is 2.37. The summed E-state index contributed by atoms with van der Waals surface area (Å²) in [6, 6.07) is 2.35. The first-order chi connectivity index (χ1) is 9.34. The largest absolute Gasteiger partial charge is 0.416 e. The van der Waals surface area contributed by atoms with Crippen molar-refractivity contribution in [3.8, 4) is 0 Å². The monoisotopic (exact) mass is 288 g/mol. The van der Waals surface area contributed by atoms with Crippen LogP contribution in [0.1, 0.15) is 28.8 Å². The van der Waals surface area contributed by atoms with Gasteiger partial charge >= 0.3 is 6.18 Å². The lowest BCUT2D eigenvalue weighted by Gasteiger charge is -2.24. The maximum Gasteiger partial charge on any atom is 0.416 e. The lowest BCUT2D eigenvalue weighted by molar-refractivity contribution is -0.137. The second-order valence-electron chi connectivity index (χ2n) is 4.78. The van der Waals surface area contributed by atoms with E-state index >= 15 is 0 Å². The molecule has 1 heterocycles. The van der Waals surface area contributed by atoms with Crippen LogP contribution in [0, 0.1) is 0 Å². The highest BCUT2D eigenvalue weighted by atomic mass is 19.4. The number of nitrogens with two attached hydrogens (primary N) is 1. The summed E-state index contributed by atoms with van der Waals surface area (Å²) < 4.78 is 38.0. The molecule has 0 aliphatic carbocycles. The molecular formula is C13H15F3N2O2. The third-order valence-corrected chi connectivity index (χ3v) is 3.46. The van der Waals surface area contributed by atoms with Crippen LogP contribution in [0.2, 0.25) is 0 Å². The number of amides is 1. The van der Waals surface area contributed by atoms with Gasteiger partial charge in [0.05, 0.1) is 23.8 Å². The number of likely N-dealkylation sites (tertiary alicyclic amines) is 1. The standard InChI is InChI=1S/C13H15F3N2O2/c14-13(15,16)8-3-4-11(17)10(6-8)12(20)18-5-1-2-9(18)7-19/h3-4,6,9,19H,1-2,5,7,17H2. The van der Waals surface area contributed by atoms with Crippen molar-refractivity contribution in [3.63, 3.8) is 0 Å². The topological polar surface area (TPSA) is 66.6 Å². The Morgan fingerprint density at radius 1 is 1.45 bits per heavy atom. The number of aliphatic hydroxyl groups is 1. The highest BCUT2D eigenvalue weighted by molar-refractivity contribution is 5.99. The fourth-order valence-corrected chi connectivity index (χ4v) is 2.37. The average molecular weight is 288 g/mol. The summed E-state index contributed by atoms with van der Waals surface area (Å²) in [4.78, 5) is 13.7. The molecule has 0 radical (unpaired) electrons. The van der Waals surface area contributed by atoms with Gasteiger partial charge in [0, 0.05) is 12.2 Å². The maximum absolute atomic E-state index is 12.7. The molecule has 110 valence electrons. The second-order valence-corrected chi connectivity index (χ2v) is 4.78. The third kappa shape index (κ3) is 2.72. The highest BCUT2D eigenvalue weighted by Gasteiger charge is 2.34. The Kier molecular flexibility index (Phi) is 3.89. The van der Waals surface area contributed by atoms with Gasteiger partial charge in [-0.2, -0.15) is 13.2 Å². The van der Waals surface area contributed by atoms with Gasteiger partial charge in [-0.15, -0.1) is 0 Å². The SMILES string of the molecule is Nc1ccc(C(F)(F)F)cc1C(=O)N1CCCC1CO. The number of hydrogen-bond donors (Lipinski definition) is 2. The first-order valence-electron chi connectivity index (χ1n) is 6.23. The Bertz CT molecular complexity index is 517. The number of nitrogen functional groups attached to an aromatic ring is 1. The number of benzene rings is 1. The molecule has 3 N–H and O–H groups in total. The molecule has 1 aromatic rings. The minimum absolute atomic E-state index is 0.00610. The summed E-state index contributed by atoms with van der Waals surface area (Å²) in [5.74, 6) is -0.565. The fraction of sp³-hybridized carbons (Fsp3) is 0.462. The van der Waals surface area contributed by atoms with Gasteiger partial charge in [0.1, 0.15) is 0 Å². The highest BCUT2D eigenvalue weighted by Crippen LogP contribution is 2.32. The van der Waals surface area contributed by atoms with Crippen molar-refractivity contribution < 1.29 is 23.1 Å². The predicted molar refractivity (Wildman–Crippen MR) is 67.0 cm³/mol. The molecule has 1 atom stereocenters. The molecular weight excluding hydrogens is 273 g/mol. The van der Waals surface area contributed by atoms with Crippen LogP contribution in [0.4, 0.5) is 18.9 Å². The van der Waals surface area contributed by atoms with Crippen molar-refractivity contribution in [2.24, 2.45) is 0 Å². The summed E-state index contributed by atoms with van der Waals surface area (Å²) in [7, 11) is 0. The number of alkyl halides is 3. The van der Waals surface area contributed by atoms with Crippen molar-refractivity contribution in [1.82, 2.24) is 4.90 Å². The minimum atomic E-state index is -4.52. The molecule has 0 bridgehead atoms. The van der Waals surface area contributed by atoms with E-state index in [0.717, 1.165) is 24.6 Å². The Balaban J connectivity index is 2.34. The van der Waals surface area contributed by atoms with Crippen LogP contribution in [-0.4, -0.2) is 35.1 Å². The van der Waals surface area contributed by atoms with E-state index in [1.54, 1.807) is 0 Å². The van der Waals surface area contributed by atoms with Crippen molar-refractivity contribution in [2.45, 2.75) is 25.1 Å². The normalized spacial score (nSPS) is 19.4. The van der Waals surface area contributed by atoms with Gasteiger partial charge in [-0.25, -0.2) is 0 Å². The van der Waals surface area contributed by atoms with Crippen LogP contribution in [0.15, 0.2) is 18.2 Å². The number of carbonyl (C=O) groups excluding carboxylic acids is 1. The van der Waals surface area contributed by atoms with E-state index in [-0.39, 0.29) is 23.9 Å². The van der Waals surface area contributed by atoms with E-state index in [0.29, 0.717) is 13.0 Å². The van der Waals surface area contributed by atoms with Crippen molar-refractivity contribution in [1.29, 1.82) is 0 Å². The predicted octanol–water partition coefficient (Wildman–Crippen LogP) is 1.88. The van der Waals surface area contributed by atoms with Crippen LogP contribution >= 0.6 is 0 Å². The van der Waals surface area contributed by atoms with Crippen molar-refractivity contribution >= 4 is 11.6 Å². The van der Waals surface area contributed by atoms with Gasteiger partial charge in [0.15, 0.2) is 0 Å². The number of anilines is 1. The summed E-state index contributed by atoms with van der Waals surface area (Å²) in [5, 5.41) is 9.18. The average Bonchev–Trinajstić information content (AvgIpc) is 2.85. The number of rotatable bonds is 2. The summed E-state index contributed by atoms with van der Waals surface area (Å²) in [6.07, 6.45) is -3.17. The summed E-state index contributed by atoms with van der Waals surface area (Å²) in [6.45, 7) is 0.213. The van der Waals surface area contributed by atoms with Crippen LogP contribution in [0.5, 0.6) is 0 Å². The zero-order valence-corrected chi connectivity index (χ0v) is 10.7. The molecule has 1 amide bonds. The van der Waals surface area contributed by atoms with Gasteiger partial charge in [-0.3, -0.25) is 4.79 Å². The van der Waals surface area contributed by atoms with E-state index in [1.165, 1.54) is 4.90 Å². The lowest BCUT2D eigenvalue weighted by Crippen LogP contribution is -2.38. The van der Waals surface area contributed by atoms with Gasteiger partial charge in [-0.1, -0.05) is 0 Å². The zero-order valence-electron chi connectivity index (χ0n) is 10.7. The zero-order chi connectivity index (χ0) is 14.9. The van der Waals surface area contributed by atoms with Crippen LogP contribution < -0.4 is 5.73 Å². The third-order valence-electron chi connectivity index (χ3n) is 3.46. The first kappa shape index (κ1) is 14.6. The molecule has 7 heteroatoms. The number of aliphatic hydroxyl groups excluding tert-OH is 1. The minimum Gasteiger partial charge on any atom is -0.398 e. The van der Waals surface area contributed by atoms with Crippen molar-refractivity contribution in [2.75, 3.05) is 18.9 Å².